The van der Waals surface area contributed by atoms with Gasteiger partial charge in [-0.15, -0.1) is 0 Å². The molecule has 21 heavy (non-hydrogen) atoms. The smallest absolute Gasteiger partial charge is 0.213 e. The zero-order valence-electron chi connectivity index (χ0n) is 13.0. The Bertz CT molecular complexity index is 503. The number of sulfonamides is 1. The van der Waals surface area contributed by atoms with Crippen molar-refractivity contribution < 1.29 is 13.5 Å². The number of rotatable bonds is 9. The first-order chi connectivity index (χ1) is 9.86. The molecular formula is C15H26N2O3S. The van der Waals surface area contributed by atoms with Crippen molar-refractivity contribution in [2.45, 2.75) is 31.8 Å². The topological polar surface area (TPSA) is 69.6 Å². The van der Waals surface area contributed by atoms with Gasteiger partial charge in [-0.3, -0.25) is 0 Å². The number of nitrogens with zero attached hydrogens (tertiary/aromatic N) is 1. The molecule has 0 saturated heterocycles. The highest BCUT2D eigenvalue weighted by Crippen LogP contribution is 2.17. The average molecular weight is 314 g/mol. The van der Waals surface area contributed by atoms with Crippen LogP contribution in [0.1, 0.15) is 31.4 Å². The SMILES string of the molecule is CC(CCS(=O)(=O)N(C)C)N[C@H](CCO)c1ccccc1. The van der Waals surface area contributed by atoms with E-state index in [9.17, 15) is 13.5 Å². The molecule has 0 aromatic heterocycles. The van der Waals surface area contributed by atoms with Crippen LogP contribution in [0.3, 0.4) is 0 Å². The normalized spacial score (nSPS) is 15.1. The molecule has 1 unspecified atom stereocenters. The molecular weight excluding hydrogens is 288 g/mol. The Morgan fingerprint density at radius 3 is 2.33 bits per heavy atom. The van der Waals surface area contributed by atoms with E-state index in [1.807, 2.05) is 37.3 Å². The van der Waals surface area contributed by atoms with Crippen LogP contribution in [-0.4, -0.2) is 50.3 Å². The van der Waals surface area contributed by atoms with Crippen molar-refractivity contribution >= 4 is 10.0 Å². The van der Waals surface area contributed by atoms with E-state index in [1.54, 1.807) is 14.1 Å². The van der Waals surface area contributed by atoms with E-state index in [4.69, 9.17) is 0 Å². The summed E-state index contributed by atoms with van der Waals surface area (Å²) in [5, 5.41) is 12.6. The Morgan fingerprint density at radius 2 is 1.81 bits per heavy atom. The summed E-state index contributed by atoms with van der Waals surface area (Å²) < 4.78 is 24.8. The van der Waals surface area contributed by atoms with Crippen molar-refractivity contribution in [2.24, 2.45) is 0 Å². The third kappa shape index (κ3) is 6.13. The Hall–Kier alpha value is -0.950. The summed E-state index contributed by atoms with van der Waals surface area (Å²) in [6.07, 6.45) is 1.14. The van der Waals surface area contributed by atoms with Gasteiger partial charge >= 0.3 is 0 Å². The number of aliphatic hydroxyl groups excluding tert-OH is 1. The Balaban J connectivity index is 2.60. The summed E-state index contributed by atoms with van der Waals surface area (Å²) in [4.78, 5) is 0. The van der Waals surface area contributed by atoms with Gasteiger partial charge in [0.1, 0.15) is 0 Å². The van der Waals surface area contributed by atoms with E-state index in [2.05, 4.69) is 5.32 Å². The third-order valence-corrected chi connectivity index (χ3v) is 5.33. The van der Waals surface area contributed by atoms with Crippen molar-refractivity contribution in [1.29, 1.82) is 0 Å². The summed E-state index contributed by atoms with van der Waals surface area (Å²) >= 11 is 0. The number of hydrogen-bond donors (Lipinski definition) is 2. The number of benzene rings is 1. The molecule has 0 saturated carbocycles. The molecule has 0 radical (unpaired) electrons. The van der Waals surface area contributed by atoms with Crippen LogP contribution in [0.4, 0.5) is 0 Å². The van der Waals surface area contributed by atoms with Gasteiger partial charge in [0, 0.05) is 32.8 Å². The predicted octanol–water partition coefficient (Wildman–Crippen LogP) is 1.37. The summed E-state index contributed by atoms with van der Waals surface area (Å²) in [5.41, 5.74) is 1.11. The largest absolute Gasteiger partial charge is 0.396 e. The highest BCUT2D eigenvalue weighted by atomic mass is 32.2. The Labute approximate surface area is 128 Å². The first kappa shape index (κ1) is 18.1. The van der Waals surface area contributed by atoms with Gasteiger partial charge < -0.3 is 10.4 Å². The minimum Gasteiger partial charge on any atom is -0.396 e. The van der Waals surface area contributed by atoms with Gasteiger partial charge in [-0.25, -0.2) is 12.7 Å². The molecule has 0 spiro atoms. The maximum atomic E-state index is 11.8. The van der Waals surface area contributed by atoms with E-state index >= 15 is 0 Å². The minimum absolute atomic E-state index is 0.0354. The Kier molecular flexibility index (Phi) is 7.31. The number of nitrogens with one attached hydrogen (secondary N) is 1. The lowest BCUT2D eigenvalue weighted by Gasteiger charge is -2.23. The first-order valence-electron chi connectivity index (χ1n) is 7.19. The van der Waals surface area contributed by atoms with Crippen LogP contribution in [0, 0.1) is 0 Å². The molecule has 0 amide bonds. The zero-order valence-corrected chi connectivity index (χ0v) is 13.8. The van der Waals surface area contributed by atoms with Crippen LogP contribution in [0.2, 0.25) is 0 Å². The predicted molar refractivity (Wildman–Crippen MR) is 85.6 cm³/mol. The molecule has 0 aliphatic rings. The maximum Gasteiger partial charge on any atom is 0.213 e. The summed E-state index contributed by atoms with van der Waals surface area (Å²) in [7, 11) is -0.0669. The molecule has 5 nitrogen and oxygen atoms in total. The fourth-order valence-electron chi connectivity index (χ4n) is 2.10. The van der Waals surface area contributed by atoms with E-state index in [0.717, 1.165) is 5.56 Å². The van der Waals surface area contributed by atoms with Crippen LogP contribution in [0.25, 0.3) is 0 Å². The maximum absolute atomic E-state index is 11.8. The molecule has 0 fully saturated rings. The zero-order chi connectivity index (χ0) is 15.9. The Morgan fingerprint density at radius 1 is 1.19 bits per heavy atom. The lowest BCUT2D eigenvalue weighted by atomic mass is 10.0. The standard InChI is InChI=1S/C15H26N2O3S/c1-13(10-12-21(19,20)17(2)3)16-15(9-11-18)14-7-5-4-6-8-14/h4-8,13,15-16,18H,9-12H2,1-3H3/t13?,15-/m1/s1. The van der Waals surface area contributed by atoms with Crippen LogP contribution in [0.15, 0.2) is 30.3 Å². The van der Waals surface area contributed by atoms with E-state index in [0.29, 0.717) is 12.8 Å². The fraction of sp³-hybridized carbons (Fsp3) is 0.600. The quantitative estimate of drug-likeness (QED) is 0.722. The molecule has 1 aromatic rings. The second-order valence-electron chi connectivity index (χ2n) is 5.43. The van der Waals surface area contributed by atoms with Gasteiger partial charge in [0.25, 0.3) is 0 Å². The van der Waals surface area contributed by atoms with Gasteiger partial charge in [0.15, 0.2) is 0 Å². The molecule has 120 valence electrons. The number of aliphatic hydroxyl groups is 1. The molecule has 6 heteroatoms. The van der Waals surface area contributed by atoms with E-state index in [1.165, 1.54) is 4.31 Å². The minimum atomic E-state index is -3.16. The molecule has 0 bridgehead atoms. The van der Waals surface area contributed by atoms with E-state index < -0.39 is 10.0 Å². The molecule has 2 atom stereocenters. The van der Waals surface area contributed by atoms with Gasteiger partial charge in [-0.2, -0.15) is 0 Å². The van der Waals surface area contributed by atoms with Crippen molar-refractivity contribution in [3.8, 4) is 0 Å². The van der Waals surface area contributed by atoms with Gasteiger partial charge in [-0.05, 0) is 25.3 Å². The summed E-state index contributed by atoms with van der Waals surface area (Å²) in [6.45, 7) is 2.06. The lowest BCUT2D eigenvalue weighted by molar-refractivity contribution is 0.259. The van der Waals surface area contributed by atoms with Crippen molar-refractivity contribution in [3.63, 3.8) is 0 Å². The summed E-state index contributed by atoms with van der Waals surface area (Å²) in [5.74, 6) is 0.120. The average Bonchev–Trinajstić information content (AvgIpc) is 2.45. The van der Waals surface area contributed by atoms with Crippen LogP contribution in [0.5, 0.6) is 0 Å². The molecule has 0 aliphatic heterocycles. The summed E-state index contributed by atoms with van der Waals surface area (Å²) in [6, 6.07) is 9.98. The third-order valence-electron chi connectivity index (χ3n) is 3.47. The second-order valence-corrected chi connectivity index (χ2v) is 7.73. The van der Waals surface area contributed by atoms with Gasteiger partial charge in [0.2, 0.25) is 10.0 Å². The van der Waals surface area contributed by atoms with Crippen molar-refractivity contribution in [1.82, 2.24) is 9.62 Å². The molecule has 1 rings (SSSR count). The van der Waals surface area contributed by atoms with Gasteiger partial charge in [-0.1, -0.05) is 30.3 Å². The van der Waals surface area contributed by atoms with Crippen LogP contribution >= 0.6 is 0 Å². The lowest BCUT2D eigenvalue weighted by Crippen LogP contribution is -2.34. The number of hydrogen-bond acceptors (Lipinski definition) is 4. The van der Waals surface area contributed by atoms with Crippen LogP contribution < -0.4 is 5.32 Å². The van der Waals surface area contributed by atoms with Crippen LogP contribution in [-0.2, 0) is 10.0 Å². The molecule has 1 aromatic carbocycles. The van der Waals surface area contributed by atoms with Gasteiger partial charge in [0.05, 0.1) is 5.75 Å². The molecule has 0 aliphatic carbocycles. The first-order valence-corrected chi connectivity index (χ1v) is 8.79. The fourth-order valence-corrected chi connectivity index (χ4v) is 3.11. The molecule has 0 heterocycles. The van der Waals surface area contributed by atoms with Crippen molar-refractivity contribution in [2.75, 3.05) is 26.5 Å². The van der Waals surface area contributed by atoms with Crippen molar-refractivity contribution in [3.05, 3.63) is 35.9 Å². The highest BCUT2D eigenvalue weighted by Gasteiger charge is 2.18. The highest BCUT2D eigenvalue weighted by molar-refractivity contribution is 7.89. The second kappa shape index (κ2) is 8.48. The van der Waals surface area contributed by atoms with E-state index in [-0.39, 0.29) is 24.4 Å². The molecule has 2 N–H and O–H groups in total. The monoisotopic (exact) mass is 314 g/mol.